The number of alkyl halides is 3. The maximum Gasteiger partial charge on any atom is 0.417 e. The molecule has 0 unspecified atom stereocenters. The monoisotopic (exact) mass is 237 g/mol. The van der Waals surface area contributed by atoms with Crippen LogP contribution in [0.1, 0.15) is 11.1 Å². The van der Waals surface area contributed by atoms with E-state index in [1.165, 1.54) is 29.2 Å². The van der Waals surface area contributed by atoms with Crippen LogP contribution in [0.5, 0.6) is 0 Å². The molecule has 17 heavy (non-hydrogen) atoms. The summed E-state index contributed by atoms with van der Waals surface area (Å²) in [4.78, 5) is 0. The number of halogens is 3. The van der Waals surface area contributed by atoms with E-state index in [0.717, 1.165) is 12.1 Å². The Labute approximate surface area is 94.7 Å². The Morgan fingerprint density at radius 3 is 2.59 bits per heavy atom. The van der Waals surface area contributed by atoms with Gasteiger partial charge < -0.3 is 0 Å². The van der Waals surface area contributed by atoms with Crippen molar-refractivity contribution in [2.75, 3.05) is 0 Å². The van der Waals surface area contributed by atoms with Gasteiger partial charge in [-0.25, -0.2) is 4.68 Å². The van der Waals surface area contributed by atoms with E-state index in [1.54, 1.807) is 6.07 Å². The van der Waals surface area contributed by atoms with Gasteiger partial charge in [-0.2, -0.15) is 23.5 Å². The van der Waals surface area contributed by atoms with Gasteiger partial charge in [0.15, 0.2) is 0 Å². The van der Waals surface area contributed by atoms with Gasteiger partial charge in [0.1, 0.15) is 0 Å². The first-order valence-corrected chi connectivity index (χ1v) is 4.64. The molecule has 2 rings (SSSR count). The zero-order valence-corrected chi connectivity index (χ0v) is 8.44. The van der Waals surface area contributed by atoms with E-state index in [0.29, 0.717) is 0 Å². The molecular weight excluding hydrogens is 231 g/mol. The third-order valence-corrected chi connectivity index (χ3v) is 2.20. The fourth-order valence-electron chi connectivity index (χ4n) is 1.43. The van der Waals surface area contributed by atoms with Crippen LogP contribution in [0.3, 0.4) is 0 Å². The average Bonchev–Trinajstić information content (AvgIpc) is 2.80. The lowest BCUT2D eigenvalue weighted by molar-refractivity contribution is -0.137. The van der Waals surface area contributed by atoms with E-state index in [-0.39, 0.29) is 5.69 Å². The highest BCUT2D eigenvalue weighted by atomic mass is 19.4. The Kier molecular flexibility index (Phi) is 2.60. The van der Waals surface area contributed by atoms with Crippen molar-refractivity contribution in [3.05, 3.63) is 47.8 Å². The lowest BCUT2D eigenvalue weighted by atomic mass is 10.1. The summed E-state index contributed by atoms with van der Waals surface area (Å²) >= 11 is 0. The van der Waals surface area contributed by atoms with E-state index in [2.05, 4.69) is 5.10 Å². The number of nitrogens with zero attached hydrogens (tertiary/aromatic N) is 3. The largest absolute Gasteiger partial charge is 0.417 e. The van der Waals surface area contributed by atoms with Gasteiger partial charge >= 0.3 is 6.18 Å². The Morgan fingerprint density at radius 2 is 2.06 bits per heavy atom. The molecule has 0 N–H and O–H groups in total. The minimum Gasteiger partial charge on any atom is -0.241 e. The summed E-state index contributed by atoms with van der Waals surface area (Å²) < 4.78 is 39.3. The van der Waals surface area contributed by atoms with Crippen molar-refractivity contribution in [3.8, 4) is 11.8 Å². The molecule has 0 saturated heterocycles. The highest BCUT2D eigenvalue weighted by molar-refractivity contribution is 5.46. The summed E-state index contributed by atoms with van der Waals surface area (Å²) in [5.74, 6) is 0. The molecule has 0 aliphatic rings. The molecule has 0 saturated carbocycles. The molecule has 86 valence electrons. The Bertz CT molecular complexity index is 565. The Balaban J connectivity index is 2.58. The number of benzene rings is 1. The van der Waals surface area contributed by atoms with Crippen LogP contribution >= 0.6 is 0 Å². The van der Waals surface area contributed by atoms with Crippen LogP contribution in [0, 0.1) is 11.3 Å². The number of hydrogen-bond acceptors (Lipinski definition) is 2. The minimum absolute atomic E-state index is 0.265. The number of rotatable bonds is 1. The summed E-state index contributed by atoms with van der Waals surface area (Å²) in [5.41, 5.74) is -1.08. The molecule has 0 fully saturated rings. The van der Waals surface area contributed by atoms with Crippen molar-refractivity contribution in [2.24, 2.45) is 0 Å². The van der Waals surface area contributed by atoms with Gasteiger partial charge in [0, 0.05) is 12.4 Å². The van der Waals surface area contributed by atoms with Gasteiger partial charge in [0.05, 0.1) is 22.9 Å². The Hall–Kier alpha value is -2.29. The molecule has 6 heteroatoms. The average molecular weight is 237 g/mol. The minimum atomic E-state index is -4.55. The Morgan fingerprint density at radius 1 is 1.29 bits per heavy atom. The van der Waals surface area contributed by atoms with Crippen molar-refractivity contribution >= 4 is 0 Å². The van der Waals surface area contributed by atoms with Crippen LogP contribution in [-0.4, -0.2) is 9.78 Å². The second-order valence-electron chi connectivity index (χ2n) is 3.29. The van der Waals surface area contributed by atoms with Gasteiger partial charge in [-0.3, -0.25) is 0 Å². The second kappa shape index (κ2) is 3.94. The van der Waals surface area contributed by atoms with Crippen molar-refractivity contribution in [1.29, 1.82) is 5.26 Å². The summed E-state index contributed by atoms with van der Waals surface area (Å²) in [6, 6.07) is 6.59. The van der Waals surface area contributed by atoms with E-state index < -0.39 is 17.3 Å². The lowest BCUT2D eigenvalue weighted by Gasteiger charge is -2.10. The number of hydrogen-bond donors (Lipinski definition) is 0. The van der Waals surface area contributed by atoms with Crippen LogP contribution < -0.4 is 0 Å². The molecule has 0 spiro atoms. The van der Waals surface area contributed by atoms with E-state index in [9.17, 15) is 13.2 Å². The van der Waals surface area contributed by atoms with Crippen molar-refractivity contribution in [3.63, 3.8) is 0 Å². The van der Waals surface area contributed by atoms with Gasteiger partial charge in [0.25, 0.3) is 0 Å². The zero-order valence-electron chi connectivity index (χ0n) is 8.44. The van der Waals surface area contributed by atoms with Crippen molar-refractivity contribution in [2.45, 2.75) is 6.18 Å². The first kappa shape index (κ1) is 11.2. The van der Waals surface area contributed by atoms with E-state index in [4.69, 9.17) is 5.26 Å². The smallest absolute Gasteiger partial charge is 0.241 e. The molecule has 0 amide bonds. The quantitative estimate of drug-likeness (QED) is 0.765. The molecule has 0 aliphatic heterocycles. The number of nitriles is 1. The molecule has 3 nitrogen and oxygen atoms in total. The third-order valence-electron chi connectivity index (χ3n) is 2.20. The standard InChI is InChI=1S/C11H6F3N3/c12-11(13,14)10-6-9(3-2-8(10)7-15)17-5-1-4-16-17/h1-6H. The molecule has 1 aromatic carbocycles. The molecule has 1 heterocycles. The van der Waals surface area contributed by atoms with Crippen molar-refractivity contribution < 1.29 is 13.2 Å². The second-order valence-corrected chi connectivity index (χ2v) is 3.29. The summed E-state index contributed by atoms with van der Waals surface area (Å²) in [6.45, 7) is 0. The van der Waals surface area contributed by atoms with Crippen molar-refractivity contribution in [1.82, 2.24) is 9.78 Å². The fourth-order valence-corrected chi connectivity index (χ4v) is 1.43. The zero-order chi connectivity index (χ0) is 12.5. The molecule has 0 aliphatic carbocycles. The van der Waals surface area contributed by atoms with Crippen LogP contribution in [0.25, 0.3) is 5.69 Å². The maximum absolute atomic E-state index is 12.7. The van der Waals surface area contributed by atoms with E-state index >= 15 is 0 Å². The highest BCUT2D eigenvalue weighted by Gasteiger charge is 2.33. The normalized spacial score (nSPS) is 11.2. The van der Waals surface area contributed by atoms with Gasteiger partial charge in [0.2, 0.25) is 0 Å². The SMILES string of the molecule is N#Cc1ccc(-n2cccn2)cc1C(F)(F)F. The molecule has 1 aromatic heterocycles. The molecule has 2 aromatic rings. The van der Waals surface area contributed by atoms with Gasteiger partial charge in [-0.15, -0.1) is 0 Å². The predicted octanol–water partition coefficient (Wildman–Crippen LogP) is 2.76. The lowest BCUT2D eigenvalue weighted by Crippen LogP contribution is -2.09. The molecular formula is C11H6F3N3. The van der Waals surface area contributed by atoms with Gasteiger partial charge in [-0.1, -0.05) is 0 Å². The van der Waals surface area contributed by atoms with Crippen LogP contribution in [-0.2, 0) is 6.18 Å². The van der Waals surface area contributed by atoms with E-state index in [1.807, 2.05) is 0 Å². The summed E-state index contributed by atoms with van der Waals surface area (Å²) in [7, 11) is 0. The summed E-state index contributed by atoms with van der Waals surface area (Å²) in [6.07, 6.45) is -1.55. The fraction of sp³-hybridized carbons (Fsp3) is 0.0909. The topological polar surface area (TPSA) is 41.6 Å². The summed E-state index contributed by atoms with van der Waals surface area (Å²) in [5, 5.41) is 12.5. The van der Waals surface area contributed by atoms with Gasteiger partial charge in [-0.05, 0) is 24.3 Å². The molecule has 0 radical (unpaired) electrons. The van der Waals surface area contributed by atoms with Crippen LogP contribution in [0.4, 0.5) is 13.2 Å². The molecule has 0 bridgehead atoms. The third kappa shape index (κ3) is 2.13. The maximum atomic E-state index is 12.7. The van der Waals surface area contributed by atoms with Crippen LogP contribution in [0.2, 0.25) is 0 Å². The predicted molar refractivity (Wildman–Crippen MR) is 53.3 cm³/mol. The van der Waals surface area contributed by atoms with Crippen LogP contribution in [0.15, 0.2) is 36.7 Å². The highest BCUT2D eigenvalue weighted by Crippen LogP contribution is 2.32. The first-order valence-electron chi connectivity index (χ1n) is 4.64. The molecule has 0 atom stereocenters. The number of aromatic nitrogens is 2. The first-order chi connectivity index (χ1) is 8.02.